The Bertz CT molecular complexity index is 1720. The quantitative estimate of drug-likeness (QED) is 0.280. The number of carbonyl (C=O) groups is 1. The predicted octanol–water partition coefficient (Wildman–Crippen LogP) is 8.18. The van der Waals surface area contributed by atoms with Gasteiger partial charge in [-0.25, -0.2) is 13.2 Å². The lowest BCUT2D eigenvalue weighted by Crippen LogP contribution is -2.68. The summed E-state index contributed by atoms with van der Waals surface area (Å²) in [6.45, 7) is 21.7. The molecule has 7 aliphatic rings. The normalized spacial score (nSPS) is 44.2. The maximum Gasteiger partial charge on any atom is 0.335 e. The molecule has 2 aliphatic heterocycles. The molecule has 2 heterocycles. The topological polar surface area (TPSA) is 90.0 Å². The number of benzene rings is 1. The van der Waals surface area contributed by atoms with Crippen LogP contribution in [0.15, 0.2) is 30.3 Å². The Labute approximate surface area is 314 Å². The summed E-state index contributed by atoms with van der Waals surface area (Å²) in [6.07, 6.45) is 16.5. The molecular weight excluding hydrogens is 667 g/mol. The zero-order chi connectivity index (χ0) is 37.2. The lowest BCUT2D eigenvalue weighted by molar-refractivity contribution is -0.221. The number of sulfonamides is 1. The molecule has 7 nitrogen and oxygen atoms in total. The first-order chi connectivity index (χ1) is 24.4. The third-order valence-electron chi connectivity index (χ3n) is 18.0. The van der Waals surface area contributed by atoms with Crippen LogP contribution in [0.3, 0.4) is 0 Å². The molecule has 4 saturated carbocycles. The van der Waals surface area contributed by atoms with Gasteiger partial charge in [0.2, 0.25) is 10.0 Å². The number of carboxylic acid groups (broad SMARTS) is 1. The maximum atomic E-state index is 12.3. The van der Waals surface area contributed by atoms with E-state index in [0.29, 0.717) is 52.7 Å². The first kappa shape index (κ1) is 37.2. The number of hydrogen-bond acceptors (Lipinski definition) is 5. The summed E-state index contributed by atoms with van der Waals surface area (Å²) < 4.78 is 26.3. The minimum Gasteiger partial charge on any atom is -0.478 e. The predicted molar refractivity (Wildman–Crippen MR) is 209 cm³/mol. The van der Waals surface area contributed by atoms with Gasteiger partial charge >= 0.3 is 5.97 Å². The monoisotopic (exact) mass is 733 g/mol. The first-order valence-corrected chi connectivity index (χ1v) is 22.7. The molecule has 11 atom stereocenters. The summed E-state index contributed by atoms with van der Waals surface area (Å²) in [6, 6.07) is 8.16. The SMILES string of the molecule is CC(C)[C@@H]1CC[C@]2(NCCN3CC4CC3CN4S(C)(=O)=O)CC[C@]3(C)[C@H](CCC4[C@@]5(C)CC=C(c6ccc(C(=O)O)cc6)C(C)(C)C5CC[C@]43C)C12. The number of allylic oxidation sites excluding steroid dienone is 2. The highest BCUT2D eigenvalue weighted by Crippen LogP contribution is 2.76. The molecule has 0 amide bonds. The molecule has 1 aromatic rings. The zero-order valence-electron chi connectivity index (χ0n) is 33.4. The van der Waals surface area contributed by atoms with Crippen molar-refractivity contribution in [1.29, 1.82) is 0 Å². The number of aromatic carboxylic acids is 1. The van der Waals surface area contributed by atoms with Crippen molar-refractivity contribution in [3.8, 4) is 0 Å². The van der Waals surface area contributed by atoms with Crippen LogP contribution < -0.4 is 5.32 Å². The van der Waals surface area contributed by atoms with E-state index in [2.05, 4.69) is 64.8 Å². The molecule has 52 heavy (non-hydrogen) atoms. The lowest BCUT2D eigenvalue weighted by Gasteiger charge is -2.72. The third-order valence-corrected chi connectivity index (χ3v) is 19.3. The Kier molecular flexibility index (Phi) is 8.86. The lowest BCUT2D eigenvalue weighted by atomic mass is 9.33. The largest absolute Gasteiger partial charge is 0.478 e. The van der Waals surface area contributed by atoms with E-state index in [1.54, 1.807) is 16.4 Å². The summed E-state index contributed by atoms with van der Waals surface area (Å²) >= 11 is 0. The second-order valence-corrected chi connectivity index (χ2v) is 22.5. The molecule has 288 valence electrons. The van der Waals surface area contributed by atoms with Crippen molar-refractivity contribution in [1.82, 2.24) is 14.5 Å². The van der Waals surface area contributed by atoms with E-state index in [9.17, 15) is 18.3 Å². The Morgan fingerprint density at radius 2 is 1.63 bits per heavy atom. The molecule has 5 unspecified atom stereocenters. The number of piperazine rings is 1. The van der Waals surface area contributed by atoms with Crippen LogP contribution >= 0.6 is 0 Å². The standard InChI is InChI=1S/C44H67N3O4S/c1-28(2)33-15-20-44(45-23-24-46-26-32-25-31(46)27-47(32)52(8,50)51)22-21-42(6)35(38(33)44)13-14-37-41(5)18-16-34(29-9-11-30(12-10-29)39(48)49)40(3,4)36(41)17-19-43(37,42)7/h9-12,16,28,31-33,35-38,45H,13-15,17-27H2,1-8H3,(H,48,49)/t31?,32?,33-,35+,36?,37?,38?,41-,42+,43+,44-/m0/s1. The number of nitrogens with one attached hydrogen (secondary N) is 1. The van der Waals surface area contributed by atoms with Gasteiger partial charge in [0.15, 0.2) is 0 Å². The first-order valence-electron chi connectivity index (χ1n) is 20.9. The minimum atomic E-state index is -3.11. The molecule has 6 fully saturated rings. The van der Waals surface area contributed by atoms with E-state index in [4.69, 9.17) is 0 Å². The van der Waals surface area contributed by atoms with Crippen molar-refractivity contribution in [2.45, 2.75) is 130 Å². The molecule has 2 N–H and O–H groups in total. The van der Waals surface area contributed by atoms with E-state index in [0.717, 1.165) is 44.3 Å². The highest BCUT2D eigenvalue weighted by molar-refractivity contribution is 7.88. The van der Waals surface area contributed by atoms with Crippen molar-refractivity contribution in [3.05, 3.63) is 41.5 Å². The van der Waals surface area contributed by atoms with Gasteiger partial charge in [-0.1, -0.05) is 66.7 Å². The van der Waals surface area contributed by atoms with Crippen LogP contribution in [-0.2, 0) is 10.0 Å². The Hall–Kier alpha value is -1.74. The van der Waals surface area contributed by atoms with Crippen LogP contribution in [0.25, 0.3) is 5.57 Å². The molecular formula is C44H67N3O4S. The summed E-state index contributed by atoms with van der Waals surface area (Å²) in [7, 11) is -3.11. The number of likely N-dealkylation sites (tertiary alicyclic amines) is 1. The highest BCUT2D eigenvalue weighted by atomic mass is 32.2. The van der Waals surface area contributed by atoms with Gasteiger partial charge in [-0.3, -0.25) is 4.90 Å². The summed E-state index contributed by atoms with van der Waals surface area (Å²) in [5.74, 6) is 3.35. The van der Waals surface area contributed by atoms with Crippen LogP contribution in [0, 0.1) is 57.2 Å². The fraction of sp³-hybridized carbons (Fsp3) is 0.795. The number of hydrogen-bond donors (Lipinski definition) is 2. The van der Waals surface area contributed by atoms with E-state index in [1.807, 2.05) is 12.1 Å². The van der Waals surface area contributed by atoms with E-state index in [1.165, 1.54) is 68.8 Å². The van der Waals surface area contributed by atoms with E-state index >= 15 is 0 Å². The van der Waals surface area contributed by atoms with Gasteiger partial charge < -0.3 is 10.4 Å². The summed E-state index contributed by atoms with van der Waals surface area (Å²) in [5, 5.41) is 13.8. The van der Waals surface area contributed by atoms with Crippen molar-refractivity contribution >= 4 is 21.6 Å². The van der Waals surface area contributed by atoms with E-state index in [-0.39, 0.29) is 22.4 Å². The molecule has 0 spiro atoms. The number of nitrogens with zero attached hydrogens (tertiary/aromatic N) is 2. The minimum absolute atomic E-state index is 0.0224. The second-order valence-electron chi connectivity index (χ2n) is 20.5. The Morgan fingerprint density at radius 1 is 0.904 bits per heavy atom. The van der Waals surface area contributed by atoms with Gasteiger partial charge in [0.05, 0.1) is 11.8 Å². The van der Waals surface area contributed by atoms with Crippen LogP contribution in [0.4, 0.5) is 0 Å². The number of rotatable bonds is 8. The molecule has 0 aromatic heterocycles. The second kappa shape index (κ2) is 12.4. The van der Waals surface area contributed by atoms with Crippen molar-refractivity contribution in [2.24, 2.45) is 57.2 Å². The van der Waals surface area contributed by atoms with Crippen molar-refractivity contribution < 1.29 is 18.3 Å². The summed E-state index contributed by atoms with van der Waals surface area (Å²) in [5.41, 5.74) is 4.07. The van der Waals surface area contributed by atoms with Crippen molar-refractivity contribution in [3.63, 3.8) is 0 Å². The van der Waals surface area contributed by atoms with Gasteiger partial charge in [-0.05, 0) is 145 Å². The third kappa shape index (κ3) is 5.33. The molecule has 1 aromatic carbocycles. The number of fused-ring (bicyclic) bond motifs is 9. The Balaban J connectivity index is 1.03. The van der Waals surface area contributed by atoms with Gasteiger partial charge in [0.25, 0.3) is 0 Å². The molecule has 2 saturated heterocycles. The van der Waals surface area contributed by atoms with Gasteiger partial charge in [-0.15, -0.1) is 0 Å². The zero-order valence-corrected chi connectivity index (χ0v) is 34.2. The van der Waals surface area contributed by atoms with E-state index < -0.39 is 16.0 Å². The van der Waals surface area contributed by atoms with Crippen LogP contribution in [0.5, 0.6) is 0 Å². The average Bonchev–Trinajstić information content (AvgIpc) is 3.78. The van der Waals surface area contributed by atoms with Gasteiger partial charge in [-0.2, -0.15) is 4.31 Å². The van der Waals surface area contributed by atoms with Gasteiger partial charge in [0.1, 0.15) is 0 Å². The molecule has 8 rings (SSSR count). The van der Waals surface area contributed by atoms with Crippen LogP contribution in [0.1, 0.15) is 129 Å². The smallest absolute Gasteiger partial charge is 0.335 e. The fourth-order valence-electron chi connectivity index (χ4n) is 15.4. The maximum absolute atomic E-state index is 12.3. The van der Waals surface area contributed by atoms with Crippen LogP contribution in [0.2, 0.25) is 0 Å². The molecule has 0 radical (unpaired) electrons. The molecule has 8 heteroatoms. The van der Waals surface area contributed by atoms with Crippen LogP contribution in [-0.4, -0.2) is 78.8 Å². The number of carboxylic acids is 1. The summed E-state index contributed by atoms with van der Waals surface area (Å²) in [4.78, 5) is 14.2. The molecule has 5 aliphatic carbocycles. The average molecular weight is 734 g/mol. The Morgan fingerprint density at radius 3 is 2.27 bits per heavy atom. The molecule has 2 bridgehead atoms. The highest BCUT2D eigenvalue weighted by Gasteiger charge is 2.70. The van der Waals surface area contributed by atoms with Gasteiger partial charge in [0, 0.05) is 43.8 Å². The fourth-order valence-corrected chi connectivity index (χ4v) is 16.6. The van der Waals surface area contributed by atoms with Crippen molar-refractivity contribution in [2.75, 3.05) is 32.4 Å².